The fourth-order valence-corrected chi connectivity index (χ4v) is 5.69. The summed E-state index contributed by atoms with van der Waals surface area (Å²) in [7, 11) is -2.44. The lowest BCUT2D eigenvalue weighted by Crippen LogP contribution is -2.33. The van der Waals surface area contributed by atoms with Crippen LogP contribution < -0.4 is 9.46 Å². The second-order valence-electron chi connectivity index (χ2n) is 9.16. The maximum atomic E-state index is 13.3. The molecule has 5 rings (SSSR count). The minimum Gasteiger partial charge on any atom is -0.467 e. The molecule has 4 bridgehead atoms. The van der Waals surface area contributed by atoms with Gasteiger partial charge >= 0.3 is 0 Å². The molecule has 1 aliphatic heterocycles. The molecule has 0 aliphatic carbocycles. The van der Waals surface area contributed by atoms with Crippen molar-refractivity contribution < 1.29 is 17.9 Å². The van der Waals surface area contributed by atoms with Crippen molar-refractivity contribution in [3.63, 3.8) is 0 Å². The van der Waals surface area contributed by atoms with Crippen LogP contribution in [0.2, 0.25) is 0 Å². The van der Waals surface area contributed by atoms with Crippen molar-refractivity contribution in [1.82, 2.24) is 14.9 Å². The molecule has 1 N–H and O–H groups in total. The lowest BCUT2D eigenvalue weighted by atomic mass is 10.00. The molecule has 4 aromatic rings. The van der Waals surface area contributed by atoms with Gasteiger partial charge in [-0.05, 0) is 60.9 Å². The first-order chi connectivity index (χ1) is 18.1. The Morgan fingerprint density at radius 2 is 1.66 bits per heavy atom. The Morgan fingerprint density at radius 1 is 0.974 bits per heavy atom. The Morgan fingerprint density at radius 3 is 2.37 bits per heavy atom. The van der Waals surface area contributed by atoms with E-state index in [2.05, 4.69) is 30.6 Å². The SMILES string of the molecule is Cc1cccc(C)c1-c1cc2nc(n1)NS(=O)(=O)c1cccc(c1)C(=O)N(C)CC(c1ccc(Br)cc1)O2. The number of aromatic nitrogens is 2. The minimum absolute atomic E-state index is 0.0657. The number of carbonyl (C=O) groups is 1. The number of likely N-dealkylation sites (N-methyl/N-ethyl adjacent to an activating group) is 1. The molecule has 1 amide bonds. The number of hydrogen-bond donors (Lipinski definition) is 1. The van der Waals surface area contributed by atoms with E-state index in [1.807, 2.05) is 56.3 Å². The number of benzene rings is 3. The molecule has 1 unspecified atom stereocenters. The molecule has 10 heteroatoms. The van der Waals surface area contributed by atoms with Crippen molar-refractivity contribution in [1.29, 1.82) is 0 Å². The number of amides is 1. The highest BCUT2D eigenvalue weighted by molar-refractivity contribution is 9.10. The number of halogens is 1. The second kappa shape index (κ2) is 10.2. The van der Waals surface area contributed by atoms with Crippen LogP contribution in [-0.2, 0) is 10.0 Å². The minimum atomic E-state index is -4.10. The van der Waals surface area contributed by atoms with Crippen molar-refractivity contribution in [2.24, 2.45) is 0 Å². The first-order valence-electron chi connectivity index (χ1n) is 11.9. The molecule has 1 aromatic heterocycles. The standard InChI is InChI=1S/C28H25BrN4O4S/c1-17-6-4-7-18(2)26(17)23-15-25-31-28(30-23)32-38(35,36)22-9-5-8-20(14-22)27(34)33(3)16-24(37-25)19-10-12-21(29)13-11-19/h4-15,24H,16H2,1-3H3,(H,30,31,32). The van der Waals surface area contributed by atoms with Crippen LogP contribution in [0.25, 0.3) is 11.3 Å². The summed E-state index contributed by atoms with van der Waals surface area (Å²) in [5.41, 5.74) is 4.40. The summed E-state index contributed by atoms with van der Waals surface area (Å²) in [6.07, 6.45) is -0.592. The molecule has 1 aliphatic rings. The summed E-state index contributed by atoms with van der Waals surface area (Å²) in [6, 6.07) is 21.1. The van der Waals surface area contributed by atoms with E-state index in [0.717, 1.165) is 26.7 Å². The Kier molecular flexibility index (Phi) is 6.93. The van der Waals surface area contributed by atoms with Crippen LogP contribution in [0.1, 0.15) is 33.2 Å². The summed E-state index contributed by atoms with van der Waals surface area (Å²) < 4.78 is 36.4. The predicted octanol–water partition coefficient (Wildman–Crippen LogP) is 5.53. The Bertz CT molecular complexity index is 1620. The summed E-state index contributed by atoms with van der Waals surface area (Å²) in [4.78, 5) is 23.7. The summed E-state index contributed by atoms with van der Waals surface area (Å²) in [5.74, 6) is -0.282. The number of carbonyl (C=O) groups excluding carboxylic acids is 1. The van der Waals surface area contributed by atoms with E-state index in [9.17, 15) is 13.2 Å². The summed E-state index contributed by atoms with van der Waals surface area (Å²) in [5, 5.41) is 0. The van der Waals surface area contributed by atoms with E-state index in [-0.39, 0.29) is 34.7 Å². The third-order valence-electron chi connectivity index (χ3n) is 6.35. The highest BCUT2D eigenvalue weighted by Gasteiger charge is 2.25. The third-order valence-corrected chi connectivity index (χ3v) is 8.20. The zero-order chi connectivity index (χ0) is 27.0. The average molecular weight is 594 g/mol. The highest BCUT2D eigenvalue weighted by Crippen LogP contribution is 2.32. The topological polar surface area (TPSA) is 101 Å². The number of nitrogens with zero attached hydrogens (tertiary/aromatic N) is 3. The van der Waals surface area contributed by atoms with Gasteiger partial charge in [0.15, 0.2) is 0 Å². The Hall–Kier alpha value is -3.76. The van der Waals surface area contributed by atoms with Crippen LogP contribution in [0, 0.1) is 13.8 Å². The first kappa shape index (κ1) is 25.9. The molecule has 3 aromatic carbocycles. The number of rotatable bonds is 2. The number of ether oxygens (including phenoxy) is 1. The molecule has 0 fully saturated rings. The van der Waals surface area contributed by atoms with Gasteiger partial charge in [0.25, 0.3) is 15.9 Å². The van der Waals surface area contributed by atoms with Crippen molar-refractivity contribution in [2.75, 3.05) is 18.3 Å². The van der Waals surface area contributed by atoms with Gasteiger partial charge in [0.1, 0.15) is 6.10 Å². The van der Waals surface area contributed by atoms with E-state index in [4.69, 9.17) is 4.74 Å². The molecular weight excluding hydrogens is 568 g/mol. The van der Waals surface area contributed by atoms with Crippen LogP contribution in [-0.4, -0.2) is 42.8 Å². The van der Waals surface area contributed by atoms with Gasteiger partial charge in [-0.2, -0.15) is 4.98 Å². The van der Waals surface area contributed by atoms with E-state index >= 15 is 0 Å². The van der Waals surface area contributed by atoms with E-state index < -0.39 is 16.1 Å². The summed E-state index contributed by atoms with van der Waals surface area (Å²) >= 11 is 3.46. The third kappa shape index (κ3) is 5.27. The Labute approximate surface area is 229 Å². The number of nitrogens with one attached hydrogen (secondary N) is 1. The van der Waals surface area contributed by atoms with Gasteiger partial charge in [-0.15, -0.1) is 0 Å². The number of fused-ring (bicyclic) bond motifs is 4. The highest BCUT2D eigenvalue weighted by atomic mass is 79.9. The molecule has 0 radical (unpaired) electrons. The van der Waals surface area contributed by atoms with Gasteiger partial charge in [0.2, 0.25) is 11.8 Å². The predicted molar refractivity (Wildman–Crippen MR) is 149 cm³/mol. The molecule has 0 saturated heterocycles. The zero-order valence-electron chi connectivity index (χ0n) is 21.0. The molecule has 2 heterocycles. The van der Waals surface area contributed by atoms with Gasteiger partial charge in [-0.25, -0.2) is 18.1 Å². The van der Waals surface area contributed by atoms with Crippen LogP contribution in [0.5, 0.6) is 5.88 Å². The smallest absolute Gasteiger partial charge is 0.264 e. The first-order valence-corrected chi connectivity index (χ1v) is 14.1. The lowest BCUT2D eigenvalue weighted by molar-refractivity contribution is 0.0706. The van der Waals surface area contributed by atoms with Crippen molar-refractivity contribution in [3.8, 4) is 17.1 Å². The second-order valence-corrected chi connectivity index (χ2v) is 11.8. The van der Waals surface area contributed by atoms with E-state index in [1.165, 1.54) is 23.1 Å². The summed E-state index contributed by atoms with van der Waals surface area (Å²) in [6.45, 7) is 4.13. The molecule has 0 saturated carbocycles. The number of anilines is 1. The molecular formula is C28H25BrN4O4S. The normalized spacial score (nSPS) is 16.9. The molecule has 8 nitrogen and oxygen atoms in total. The van der Waals surface area contributed by atoms with E-state index in [1.54, 1.807) is 19.2 Å². The fraction of sp³-hybridized carbons (Fsp3) is 0.179. The average Bonchev–Trinajstić information content (AvgIpc) is 2.87. The molecule has 38 heavy (non-hydrogen) atoms. The van der Waals surface area contributed by atoms with Crippen molar-refractivity contribution >= 4 is 37.8 Å². The fourth-order valence-electron chi connectivity index (χ4n) is 4.44. The van der Waals surface area contributed by atoms with Gasteiger partial charge in [0.05, 0.1) is 17.1 Å². The number of aryl methyl sites for hydroxylation is 2. The van der Waals surface area contributed by atoms with E-state index in [0.29, 0.717) is 5.69 Å². The maximum absolute atomic E-state index is 13.3. The van der Waals surface area contributed by atoms with Crippen molar-refractivity contribution in [3.05, 3.63) is 99.5 Å². The Balaban J connectivity index is 1.71. The number of sulfonamides is 1. The van der Waals surface area contributed by atoms with Crippen molar-refractivity contribution in [2.45, 2.75) is 24.8 Å². The largest absolute Gasteiger partial charge is 0.467 e. The van der Waals surface area contributed by atoms with Gasteiger partial charge in [0, 0.05) is 28.7 Å². The molecule has 0 spiro atoms. The number of hydrogen-bond acceptors (Lipinski definition) is 6. The van der Waals surface area contributed by atoms with Gasteiger partial charge in [-0.3, -0.25) is 4.79 Å². The van der Waals surface area contributed by atoms with Crippen LogP contribution >= 0.6 is 15.9 Å². The van der Waals surface area contributed by atoms with Gasteiger partial charge in [-0.1, -0.05) is 52.3 Å². The monoisotopic (exact) mass is 592 g/mol. The van der Waals surface area contributed by atoms with Crippen LogP contribution in [0.3, 0.4) is 0 Å². The maximum Gasteiger partial charge on any atom is 0.264 e. The van der Waals surface area contributed by atoms with Crippen LogP contribution in [0.15, 0.2) is 82.2 Å². The van der Waals surface area contributed by atoms with Gasteiger partial charge < -0.3 is 9.64 Å². The zero-order valence-corrected chi connectivity index (χ0v) is 23.4. The molecule has 194 valence electrons. The lowest BCUT2D eigenvalue weighted by Gasteiger charge is -2.25. The van der Waals surface area contributed by atoms with Crippen LogP contribution in [0.4, 0.5) is 5.95 Å². The molecule has 1 atom stereocenters. The quantitative estimate of drug-likeness (QED) is 0.328.